The van der Waals surface area contributed by atoms with Crippen molar-refractivity contribution in [2.24, 2.45) is 0 Å². The first-order chi connectivity index (χ1) is 10.2. The lowest BCUT2D eigenvalue weighted by Crippen LogP contribution is -1.93. The molecule has 0 saturated heterocycles. The maximum atomic E-state index is 8.79. The van der Waals surface area contributed by atoms with Gasteiger partial charge in [0.1, 0.15) is 11.5 Å². The number of nitrogens with zero attached hydrogens (tertiary/aromatic N) is 2. The Bertz CT molecular complexity index is 824. The molecular formula is C16H15N5. The number of hydrogen-bond acceptors (Lipinski definition) is 4. The van der Waals surface area contributed by atoms with Gasteiger partial charge in [0.25, 0.3) is 0 Å². The number of anilines is 3. The number of H-pyrrole nitrogens is 1. The number of aromatic nitrogens is 2. The van der Waals surface area contributed by atoms with Gasteiger partial charge in [0.2, 0.25) is 0 Å². The van der Waals surface area contributed by atoms with E-state index >= 15 is 0 Å². The number of nitrogens with two attached hydrogens (primary N) is 1. The predicted molar refractivity (Wildman–Crippen MR) is 84.3 cm³/mol. The summed E-state index contributed by atoms with van der Waals surface area (Å²) in [6, 6.07) is 13.2. The summed E-state index contributed by atoms with van der Waals surface area (Å²) in [5.74, 6) is 0.733. The molecule has 0 fully saturated rings. The van der Waals surface area contributed by atoms with Gasteiger partial charge in [-0.2, -0.15) is 5.26 Å². The molecule has 5 nitrogen and oxygen atoms in total. The van der Waals surface area contributed by atoms with Crippen LogP contribution in [0.1, 0.15) is 18.2 Å². The number of rotatable bonds is 3. The monoisotopic (exact) mass is 277 g/mol. The first-order valence-electron chi connectivity index (χ1n) is 6.75. The highest BCUT2D eigenvalue weighted by molar-refractivity contribution is 5.91. The highest BCUT2D eigenvalue weighted by Crippen LogP contribution is 2.26. The van der Waals surface area contributed by atoms with Crippen LogP contribution in [0.3, 0.4) is 0 Å². The second kappa shape index (κ2) is 5.17. The Morgan fingerprint density at radius 2 is 2.00 bits per heavy atom. The topological polar surface area (TPSA) is 90.5 Å². The van der Waals surface area contributed by atoms with Crippen LogP contribution in [0.5, 0.6) is 0 Å². The van der Waals surface area contributed by atoms with Crippen molar-refractivity contribution < 1.29 is 0 Å². The van der Waals surface area contributed by atoms with Gasteiger partial charge >= 0.3 is 0 Å². The molecule has 2 heterocycles. The van der Waals surface area contributed by atoms with Crippen molar-refractivity contribution in [3.05, 3.63) is 47.7 Å². The summed E-state index contributed by atoms with van der Waals surface area (Å²) in [6.07, 6.45) is 0.848. The van der Waals surface area contributed by atoms with E-state index in [1.54, 1.807) is 12.1 Å². The molecule has 3 rings (SSSR count). The zero-order chi connectivity index (χ0) is 14.8. The molecule has 0 atom stereocenters. The second-order valence-electron chi connectivity index (χ2n) is 4.78. The van der Waals surface area contributed by atoms with Crippen LogP contribution in [0, 0.1) is 11.3 Å². The van der Waals surface area contributed by atoms with Gasteiger partial charge in [0.15, 0.2) is 0 Å². The molecule has 21 heavy (non-hydrogen) atoms. The van der Waals surface area contributed by atoms with Crippen molar-refractivity contribution in [2.75, 3.05) is 11.1 Å². The fraction of sp³-hybridized carbons (Fsp3) is 0.125. The lowest BCUT2D eigenvalue weighted by atomic mass is 10.2. The summed E-state index contributed by atoms with van der Waals surface area (Å²) >= 11 is 0. The van der Waals surface area contributed by atoms with Crippen molar-refractivity contribution in [3.8, 4) is 6.07 Å². The van der Waals surface area contributed by atoms with E-state index in [9.17, 15) is 0 Å². The van der Waals surface area contributed by atoms with Crippen LogP contribution in [0.2, 0.25) is 0 Å². The largest absolute Gasteiger partial charge is 0.397 e. The van der Waals surface area contributed by atoms with Gasteiger partial charge in [0, 0.05) is 16.8 Å². The number of fused-ring (bicyclic) bond motifs is 1. The summed E-state index contributed by atoms with van der Waals surface area (Å²) in [5, 5.41) is 12.9. The summed E-state index contributed by atoms with van der Waals surface area (Å²) in [5.41, 5.74) is 10.1. The highest BCUT2D eigenvalue weighted by Gasteiger charge is 2.08. The van der Waals surface area contributed by atoms with E-state index in [1.165, 1.54) is 0 Å². The molecule has 4 N–H and O–H groups in total. The quantitative estimate of drug-likeness (QED) is 0.685. The fourth-order valence-corrected chi connectivity index (χ4v) is 2.27. The van der Waals surface area contributed by atoms with Crippen molar-refractivity contribution in [1.82, 2.24) is 9.97 Å². The molecule has 5 heteroatoms. The summed E-state index contributed by atoms with van der Waals surface area (Å²) in [6.45, 7) is 2.05. The standard InChI is InChI=1S/C16H15N5/c1-2-13-15(18)12-7-8-14(21-16(12)20-13)19-11-5-3-10(9-17)4-6-11/h3-8H,2,18H2,1H3,(H2,19,20,21). The van der Waals surface area contributed by atoms with Crippen molar-refractivity contribution in [2.45, 2.75) is 13.3 Å². The number of aryl methyl sites for hydroxylation is 1. The average Bonchev–Trinajstić information content (AvgIpc) is 2.84. The second-order valence-corrected chi connectivity index (χ2v) is 4.78. The molecule has 0 aliphatic heterocycles. The zero-order valence-electron chi connectivity index (χ0n) is 11.6. The Hall–Kier alpha value is -3.00. The molecule has 3 aromatic rings. The summed E-state index contributed by atoms with van der Waals surface area (Å²) in [4.78, 5) is 7.77. The molecule has 0 radical (unpaired) electrons. The molecule has 2 aromatic heterocycles. The van der Waals surface area contributed by atoms with E-state index in [0.29, 0.717) is 5.56 Å². The minimum absolute atomic E-state index is 0.633. The Morgan fingerprint density at radius 1 is 1.24 bits per heavy atom. The van der Waals surface area contributed by atoms with Gasteiger partial charge in [-0.15, -0.1) is 0 Å². The summed E-state index contributed by atoms with van der Waals surface area (Å²) in [7, 11) is 0. The van der Waals surface area contributed by atoms with Crippen LogP contribution in [0.15, 0.2) is 36.4 Å². The number of nitrogens with one attached hydrogen (secondary N) is 2. The first-order valence-corrected chi connectivity index (χ1v) is 6.75. The van der Waals surface area contributed by atoms with E-state index in [0.717, 1.165) is 40.3 Å². The third kappa shape index (κ3) is 2.39. The Morgan fingerprint density at radius 3 is 2.67 bits per heavy atom. The van der Waals surface area contributed by atoms with Crippen LogP contribution < -0.4 is 11.1 Å². The fourth-order valence-electron chi connectivity index (χ4n) is 2.27. The van der Waals surface area contributed by atoms with E-state index in [4.69, 9.17) is 11.0 Å². The smallest absolute Gasteiger partial charge is 0.142 e. The molecule has 0 saturated carbocycles. The lowest BCUT2D eigenvalue weighted by molar-refractivity contribution is 1.07. The number of hydrogen-bond donors (Lipinski definition) is 3. The maximum Gasteiger partial charge on any atom is 0.142 e. The van der Waals surface area contributed by atoms with Gasteiger partial charge in [-0.1, -0.05) is 6.92 Å². The minimum Gasteiger partial charge on any atom is -0.397 e. The van der Waals surface area contributed by atoms with Crippen LogP contribution in [0.25, 0.3) is 11.0 Å². The molecule has 0 aliphatic rings. The highest BCUT2D eigenvalue weighted by atomic mass is 15.0. The number of nitrogen functional groups attached to an aromatic ring is 1. The third-order valence-electron chi connectivity index (χ3n) is 3.42. The number of nitriles is 1. The number of benzene rings is 1. The maximum absolute atomic E-state index is 8.79. The average molecular weight is 277 g/mol. The lowest BCUT2D eigenvalue weighted by Gasteiger charge is -2.05. The van der Waals surface area contributed by atoms with Crippen molar-refractivity contribution >= 4 is 28.2 Å². The third-order valence-corrected chi connectivity index (χ3v) is 3.42. The SMILES string of the molecule is CCc1[nH]c2nc(Nc3ccc(C#N)cc3)ccc2c1N. The first kappa shape index (κ1) is 13.0. The van der Waals surface area contributed by atoms with Gasteiger partial charge in [-0.3, -0.25) is 0 Å². The van der Waals surface area contributed by atoms with E-state index in [2.05, 4.69) is 28.3 Å². The molecule has 0 bridgehead atoms. The minimum atomic E-state index is 0.633. The predicted octanol–water partition coefficient (Wildman–Crippen LogP) is 3.32. The molecule has 0 spiro atoms. The van der Waals surface area contributed by atoms with Crippen LogP contribution in [-0.2, 0) is 6.42 Å². The van der Waals surface area contributed by atoms with Gasteiger partial charge in [-0.25, -0.2) is 4.98 Å². The Kier molecular flexibility index (Phi) is 3.20. The van der Waals surface area contributed by atoms with E-state index < -0.39 is 0 Å². The number of aromatic amines is 1. The Labute approximate surface area is 122 Å². The molecular weight excluding hydrogens is 262 g/mol. The normalized spacial score (nSPS) is 10.5. The van der Waals surface area contributed by atoms with Gasteiger partial charge in [0.05, 0.1) is 17.3 Å². The zero-order valence-corrected chi connectivity index (χ0v) is 11.6. The van der Waals surface area contributed by atoms with E-state index in [-0.39, 0.29) is 0 Å². The van der Waals surface area contributed by atoms with Crippen molar-refractivity contribution in [3.63, 3.8) is 0 Å². The molecule has 1 aromatic carbocycles. The summed E-state index contributed by atoms with van der Waals surface area (Å²) < 4.78 is 0. The van der Waals surface area contributed by atoms with Gasteiger partial charge in [-0.05, 0) is 42.8 Å². The van der Waals surface area contributed by atoms with Gasteiger partial charge < -0.3 is 16.0 Å². The van der Waals surface area contributed by atoms with E-state index in [1.807, 2.05) is 24.3 Å². The number of pyridine rings is 1. The van der Waals surface area contributed by atoms with Crippen LogP contribution >= 0.6 is 0 Å². The Balaban J connectivity index is 1.92. The molecule has 0 amide bonds. The van der Waals surface area contributed by atoms with Crippen LogP contribution in [-0.4, -0.2) is 9.97 Å². The van der Waals surface area contributed by atoms with Crippen molar-refractivity contribution in [1.29, 1.82) is 5.26 Å². The van der Waals surface area contributed by atoms with Crippen LogP contribution in [0.4, 0.5) is 17.2 Å². The molecule has 0 unspecified atom stereocenters. The molecule has 104 valence electrons. The molecule has 0 aliphatic carbocycles.